The Hall–Kier alpha value is -6.76. The predicted octanol–water partition coefficient (Wildman–Crippen LogP) is 14.8. The van der Waals surface area contributed by atoms with Gasteiger partial charge in [-0.2, -0.15) is 0 Å². The van der Waals surface area contributed by atoms with Crippen LogP contribution in [0.2, 0.25) is 0 Å². The molecule has 11 aromatic rings. The first-order chi connectivity index (χ1) is 25.8. The zero-order valence-electron chi connectivity index (χ0n) is 28.5. The maximum Gasteiger partial charge on any atom is -0.00139 e. The summed E-state index contributed by atoms with van der Waals surface area (Å²) in [6.45, 7) is 0. The molecule has 0 amide bonds. The van der Waals surface area contributed by atoms with Crippen molar-refractivity contribution in [1.29, 1.82) is 0 Å². The van der Waals surface area contributed by atoms with E-state index < -0.39 is 0 Å². The van der Waals surface area contributed by atoms with Crippen LogP contribution >= 0.6 is 0 Å². The highest BCUT2D eigenvalue weighted by molar-refractivity contribution is 6.34. The summed E-state index contributed by atoms with van der Waals surface area (Å²) < 4.78 is 0. The molecule has 0 atom stereocenters. The summed E-state index contributed by atoms with van der Waals surface area (Å²) in [4.78, 5) is 0. The van der Waals surface area contributed by atoms with Crippen molar-refractivity contribution in [1.82, 2.24) is 0 Å². The Balaban J connectivity index is 1.39. The highest BCUT2D eigenvalue weighted by Gasteiger charge is 2.22. The molecular formula is C52H32. The smallest absolute Gasteiger partial charge is 0.00139 e. The van der Waals surface area contributed by atoms with Crippen molar-refractivity contribution in [2.45, 2.75) is 0 Å². The summed E-state index contributed by atoms with van der Waals surface area (Å²) in [5.74, 6) is 0. The van der Waals surface area contributed by atoms with E-state index in [-0.39, 0.29) is 0 Å². The number of hydrogen-bond donors (Lipinski definition) is 0. The Morgan fingerprint density at radius 1 is 0.212 bits per heavy atom. The first-order valence-electron chi connectivity index (χ1n) is 18.1. The average Bonchev–Trinajstić information content (AvgIpc) is 3.22. The zero-order valence-corrected chi connectivity index (χ0v) is 28.5. The van der Waals surface area contributed by atoms with Crippen molar-refractivity contribution >= 4 is 75.4 Å². The average molecular weight is 657 g/mol. The second-order valence-electron chi connectivity index (χ2n) is 14.0. The van der Waals surface area contributed by atoms with Gasteiger partial charge in [0.2, 0.25) is 0 Å². The molecule has 0 bridgehead atoms. The number of hydrogen-bond acceptors (Lipinski definition) is 0. The predicted molar refractivity (Wildman–Crippen MR) is 225 cm³/mol. The van der Waals surface area contributed by atoms with Crippen LogP contribution in [0.1, 0.15) is 0 Å². The molecule has 52 heavy (non-hydrogen) atoms. The van der Waals surface area contributed by atoms with E-state index in [4.69, 9.17) is 0 Å². The SMILES string of the molecule is c1ccc(-c2ccc3ccccc3c2-c2c(-c3cccc4c5ccccc5c5ccc6ccccc6c5c34)ccc3cc4ccccc4cc23)cc1. The molecule has 0 saturated heterocycles. The van der Waals surface area contributed by atoms with Crippen LogP contribution in [-0.2, 0) is 0 Å². The largest absolute Gasteiger partial charge is 0.0622 e. The van der Waals surface area contributed by atoms with Crippen molar-refractivity contribution in [3.8, 4) is 33.4 Å². The Bertz CT molecular complexity index is 3220. The summed E-state index contributed by atoms with van der Waals surface area (Å²) in [5, 5.41) is 17.8. The van der Waals surface area contributed by atoms with Gasteiger partial charge in [-0.25, -0.2) is 0 Å². The standard InChI is InChI=1S/C52H32/c1-2-13-33(14-3-1)41-28-25-34-15-6-8-19-39(34)49(41)52-47(30-27-38-31-36-17-4-5-18-37(36)32-48(38)52)45-24-12-23-44-42-21-10-11-22-43(42)46-29-26-35-16-7-9-20-40(35)50(46)51(44)45/h1-32H. The van der Waals surface area contributed by atoms with Crippen molar-refractivity contribution in [2.75, 3.05) is 0 Å². The van der Waals surface area contributed by atoms with Gasteiger partial charge in [-0.1, -0.05) is 182 Å². The van der Waals surface area contributed by atoms with Crippen LogP contribution in [0.15, 0.2) is 194 Å². The van der Waals surface area contributed by atoms with Crippen molar-refractivity contribution in [2.24, 2.45) is 0 Å². The van der Waals surface area contributed by atoms with Gasteiger partial charge in [0, 0.05) is 0 Å². The van der Waals surface area contributed by atoms with Gasteiger partial charge in [0.15, 0.2) is 0 Å². The van der Waals surface area contributed by atoms with Crippen LogP contribution in [0.5, 0.6) is 0 Å². The third-order valence-corrected chi connectivity index (χ3v) is 11.2. The fourth-order valence-electron chi connectivity index (χ4n) is 8.90. The van der Waals surface area contributed by atoms with E-state index in [1.165, 1.54) is 109 Å². The Morgan fingerprint density at radius 2 is 0.731 bits per heavy atom. The van der Waals surface area contributed by atoms with Crippen molar-refractivity contribution in [3.63, 3.8) is 0 Å². The molecule has 0 heteroatoms. The molecule has 11 aromatic carbocycles. The molecule has 0 aliphatic rings. The first-order valence-corrected chi connectivity index (χ1v) is 18.1. The van der Waals surface area contributed by atoms with Crippen LogP contribution < -0.4 is 0 Å². The summed E-state index contributed by atoms with van der Waals surface area (Å²) in [6.07, 6.45) is 0. The highest BCUT2D eigenvalue weighted by Crippen LogP contribution is 2.50. The van der Waals surface area contributed by atoms with Crippen molar-refractivity contribution < 1.29 is 0 Å². The minimum Gasteiger partial charge on any atom is -0.0622 e. The first kappa shape index (κ1) is 29.0. The Labute approximate surface area is 301 Å². The molecular weight excluding hydrogens is 625 g/mol. The number of benzene rings is 11. The second-order valence-corrected chi connectivity index (χ2v) is 14.0. The van der Waals surface area contributed by atoms with Gasteiger partial charge in [-0.15, -0.1) is 0 Å². The van der Waals surface area contributed by atoms with Gasteiger partial charge in [0.05, 0.1) is 0 Å². The van der Waals surface area contributed by atoms with E-state index in [1.807, 2.05) is 0 Å². The Morgan fingerprint density at radius 3 is 1.50 bits per heavy atom. The molecule has 0 heterocycles. The molecule has 0 spiro atoms. The van der Waals surface area contributed by atoms with Gasteiger partial charge >= 0.3 is 0 Å². The van der Waals surface area contributed by atoms with Crippen LogP contribution in [0, 0.1) is 0 Å². The fourth-order valence-corrected chi connectivity index (χ4v) is 8.90. The van der Waals surface area contributed by atoms with E-state index in [2.05, 4.69) is 194 Å². The second kappa shape index (κ2) is 11.4. The van der Waals surface area contributed by atoms with E-state index in [9.17, 15) is 0 Å². The van der Waals surface area contributed by atoms with Crippen LogP contribution in [0.25, 0.3) is 109 Å². The fraction of sp³-hybridized carbons (Fsp3) is 0. The minimum atomic E-state index is 1.22. The molecule has 240 valence electrons. The maximum atomic E-state index is 2.42. The summed E-state index contributed by atoms with van der Waals surface area (Å²) in [6, 6.07) is 72.1. The molecule has 0 N–H and O–H groups in total. The topological polar surface area (TPSA) is 0 Å². The lowest BCUT2D eigenvalue weighted by molar-refractivity contribution is 1.62. The molecule has 0 aliphatic heterocycles. The third kappa shape index (κ3) is 4.28. The van der Waals surface area contributed by atoms with Crippen LogP contribution in [0.3, 0.4) is 0 Å². The normalized spacial score (nSPS) is 11.8. The van der Waals surface area contributed by atoms with Crippen LogP contribution in [0.4, 0.5) is 0 Å². The lowest BCUT2D eigenvalue weighted by Gasteiger charge is -2.22. The summed E-state index contributed by atoms with van der Waals surface area (Å²) in [7, 11) is 0. The Kier molecular flexibility index (Phi) is 6.35. The number of fused-ring (bicyclic) bond motifs is 11. The van der Waals surface area contributed by atoms with Gasteiger partial charge in [0.1, 0.15) is 0 Å². The molecule has 0 unspecified atom stereocenters. The van der Waals surface area contributed by atoms with Gasteiger partial charge in [-0.3, -0.25) is 0 Å². The van der Waals surface area contributed by atoms with E-state index in [0.717, 1.165) is 0 Å². The lowest BCUT2D eigenvalue weighted by atomic mass is 9.81. The van der Waals surface area contributed by atoms with E-state index in [0.29, 0.717) is 0 Å². The van der Waals surface area contributed by atoms with Gasteiger partial charge in [-0.05, 0) is 121 Å². The number of rotatable bonds is 3. The molecule has 0 saturated carbocycles. The molecule has 11 rings (SSSR count). The third-order valence-electron chi connectivity index (χ3n) is 11.2. The quantitative estimate of drug-likeness (QED) is 0.131. The maximum absolute atomic E-state index is 2.42. The van der Waals surface area contributed by atoms with E-state index in [1.54, 1.807) is 0 Å². The minimum absolute atomic E-state index is 1.22. The molecule has 0 nitrogen and oxygen atoms in total. The molecule has 0 aromatic heterocycles. The molecule has 0 fully saturated rings. The lowest BCUT2D eigenvalue weighted by Crippen LogP contribution is -1.95. The van der Waals surface area contributed by atoms with Gasteiger partial charge in [0.25, 0.3) is 0 Å². The zero-order chi connectivity index (χ0) is 34.2. The summed E-state index contributed by atoms with van der Waals surface area (Å²) in [5.41, 5.74) is 7.49. The monoisotopic (exact) mass is 656 g/mol. The van der Waals surface area contributed by atoms with E-state index >= 15 is 0 Å². The molecule has 0 radical (unpaired) electrons. The molecule has 0 aliphatic carbocycles. The van der Waals surface area contributed by atoms with Gasteiger partial charge < -0.3 is 0 Å². The summed E-state index contributed by atoms with van der Waals surface area (Å²) >= 11 is 0. The highest BCUT2D eigenvalue weighted by atomic mass is 14.2. The van der Waals surface area contributed by atoms with Crippen LogP contribution in [-0.4, -0.2) is 0 Å². The van der Waals surface area contributed by atoms with Crippen molar-refractivity contribution in [3.05, 3.63) is 194 Å².